The molecule has 26 heavy (non-hydrogen) atoms. The maximum Gasteiger partial charge on any atom is 0.317 e. The standard InChI is InChI=1S/C20H24ClN3O2/c1-16-5-7-19(8-6-16)26-14-9-22-20(25)24-12-10-23(11-13-24)18-4-2-3-17(21)15-18/h2-8,15H,9-14H2,1H3,(H,22,25). The maximum atomic E-state index is 12.3. The summed E-state index contributed by atoms with van der Waals surface area (Å²) >= 11 is 6.05. The number of carbonyl (C=O) groups is 1. The molecular weight excluding hydrogens is 350 g/mol. The fourth-order valence-corrected chi connectivity index (χ4v) is 3.10. The van der Waals surface area contributed by atoms with Crippen molar-refractivity contribution >= 4 is 23.3 Å². The first-order valence-electron chi connectivity index (χ1n) is 8.84. The minimum Gasteiger partial charge on any atom is -0.492 e. The van der Waals surface area contributed by atoms with Gasteiger partial charge < -0.3 is 19.9 Å². The number of hydrogen-bond donors (Lipinski definition) is 1. The van der Waals surface area contributed by atoms with Crippen LogP contribution >= 0.6 is 11.6 Å². The molecule has 3 rings (SSSR count). The Morgan fingerprint density at radius 2 is 1.85 bits per heavy atom. The molecule has 0 unspecified atom stereocenters. The third-order valence-corrected chi connectivity index (χ3v) is 4.64. The van der Waals surface area contributed by atoms with Crippen LogP contribution in [0.25, 0.3) is 0 Å². The lowest BCUT2D eigenvalue weighted by atomic mass is 10.2. The predicted molar refractivity (Wildman–Crippen MR) is 105 cm³/mol. The monoisotopic (exact) mass is 373 g/mol. The lowest BCUT2D eigenvalue weighted by Gasteiger charge is -2.36. The van der Waals surface area contributed by atoms with Crippen LogP contribution in [0.1, 0.15) is 5.56 Å². The summed E-state index contributed by atoms with van der Waals surface area (Å²) in [6.07, 6.45) is 0. The predicted octanol–water partition coefficient (Wildman–Crippen LogP) is 3.56. The van der Waals surface area contributed by atoms with Crippen molar-refractivity contribution in [1.29, 1.82) is 0 Å². The fourth-order valence-electron chi connectivity index (χ4n) is 2.91. The Balaban J connectivity index is 1.37. The molecule has 5 nitrogen and oxygen atoms in total. The average molecular weight is 374 g/mol. The van der Waals surface area contributed by atoms with Gasteiger partial charge in [0.15, 0.2) is 0 Å². The summed E-state index contributed by atoms with van der Waals surface area (Å²) in [5.74, 6) is 0.819. The van der Waals surface area contributed by atoms with E-state index in [1.165, 1.54) is 5.56 Å². The Bertz CT molecular complexity index is 728. The Kier molecular flexibility index (Phi) is 6.23. The first kappa shape index (κ1) is 18.4. The van der Waals surface area contributed by atoms with Crippen LogP contribution in [0.4, 0.5) is 10.5 Å². The Labute approximate surface area is 159 Å². The van der Waals surface area contributed by atoms with E-state index < -0.39 is 0 Å². The summed E-state index contributed by atoms with van der Waals surface area (Å²) in [4.78, 5) is 16.4. The van der Waals surface area contributed by atoms with E-state index >= 15 is 0 Å². The highest BCUT2D eigenvalue weighted by Gasteiger charge is 2.21. The van der Waals surface area contributed by atoms with E-state index in [-0.39, 0.29) is 6.03 Å². The zero-order valence-corrected chi connectivity index (χ0v) is 15.7. The minimum absolute atomic E-state index is 0.0387. The number of benzene rings is 2. The number of piperazine rings is 1. The second-order valence-corrected chi connectivity index (χ2v) is 6.78. The van der Waals surface area contributed by atoms with Crippen LogP contribution < -0.4 is 15.0 Å². The van der Waals surface area contributed by atoms with Gasteiger partial charge in [-0.15, -0.1) is 0 Å². The molecule has 0 aromatic heterocycles. The van der Waals surface area contributed by atoms with Gasteiger partial charge in [-0.05, 0) is 37.3 Å². The number of urea groups is 1. The summed E-state index contributed by atoms with van der Waals surface area (Å²) < 4.78 is 5.63. The molecule has 0 aliphatic carbocycles. The van der Waals surface area contributed by atoms with Crippen LogP contribution in [-0.2, 0) is 0 Å². The highest BCUT2D eigenvalue weighted by Crippen LogP contribution is 2.20. The van der Waals surface area contributed by atoms with Crippen molar-refractivity contribution in [3.05, 3.63) is 59.1 Å². The normalized spacial score (nSPS) is 14.2. The molecule has 1 aliphatic rings. The maximum absolute atomic E-state index is 12.3. The van der Waals surface area contributed by atoms with Gasteiger partial charge in [0.25, 0.3) is 0 Å². The number of aryl methyl sites for hydroxylation is 1. The molecule has 0 atom stereocenters. The van der Waals surface area contributed by atoms with Crippen molar-refractivity contribution in [3.63, 3.8) is 0 Å². The van der Waals surface area contributed by atoms with Gasteiger partial charge in [0.1, 0.15) is 12.4 Å². The minimum atomic E-state index is -0.0387. The Hall–Kier alpha value is -2.40. The third-order valence-electron chi connectivity index (χ3n) is 4.41. The summed E-state index contributed by atoms with van der Waals surface area (Å²) in [7, 11) is 0. The molecule has 2 amide bonds. The molecule has 0 radical (unpaired) electrons. The molecule has 0 saturated carbocycles. The lowest BCUT2D eigenvalue weighted by Crippen LogP contribution is -2.52. The van der Waals surface area contributed by atoms with Crippen LogP contribution in [0.5, 0.6) is 5.75 Å². The van der Waals surface area contributed by atoms with Gasteiger partial charge in [-0.1, -0.05) is 35.4 Å². The van der Waals surface area contributed by atoms with Crippen LogP contribution in [0.15, 0.2) is 48.5 Å². The quantitative estimate of drug-likeness (QED) is 0.815. The average Bonchev–Trinajstić information content (AvgIpc) is 2.66. The molecule has 1 saturated heterocycles. The number of nitrogens with zero attached hydrogens (tertiary/aromatic N) is 2. The topological polar surface area (TPSA) is 44.8 Å². The van der Waals surface area contributed by atoms with Gasteiger partial charge in [-0.3, -0.25) is 0 Å². The largest absolute Gasteiger partial charge is 0.492 e. The van der Waals surface area contributed by atoms with E-state index in [1.54, 1.807) is 0 Å². The van der Waals surface area contributed by atoms with Crippen molar-refractivity contribution in [2.75, 3.05) is 44.2 Å². The number of rotatable bonds is 5. The number of hydrogen-bond acceptors (Lipinski definition) is 3. The zero-order valence-electron chi connectivity index (χ0n) is 15.0. The molecule has 1 fully saturated rings. The smallest absolute Gasteiger partial charge is 0.317 e. The summed E-state index contributed by atoms with van der Waals surface area (Å²) in [5.41, 5.74) is 2.30. The molecule has 0 bridgehead atoms. The zero-order chi connectivity index (χ0) is 18.4. The summed E-state index contributed by atoms with van der Waals surface area (Å²) in [6.45, 7) is 5.96. The molecule has 0 spiro atoms. The van der Waals surface area contributed by atoms with Crippen molar-refractivity contribution in [3.8, 4) is 5.75 Å². The van der Waals surface area contributed by atoms with Gasteiger partial charge >= 0.3 is 6.03 Å². The van der Waals surface area contributed by atoms with Crippen molar-refractivity contribution < 1.29 is 9.53 Å². The number of ether oxygens (including phenoxy) is 1. The molecule has 1 N–H and O–H groups in total. The van der Waals surface area contributed by atoms with E-state index in [1.807, 2.05) is 60.4 Å². The molecule has 1 aliphatic heterocycles. The van der Waals surface area contributed by atoms with Crippen LogP contribution in [0, 0.1) is 6.92 Å². The summed E-state index contributed by atoms with van der Waals surface area (Å²) in [6, 6.07) is 15.7. The Morgan fingerprint density at radius 1 is 1.12 bits per heavy atom. The second kappa shape index (κ2) is 8.81. The third kappa shape index (κ3) is 5.05. The van der Waals surface area contributed by atoms with E-state index in [2.05, 4.69) is 10.2 Å². The first-order valence-corrected chi connectivity index (χ1v) is 9.22. The number of carbonyl (C=O) groups excluding carboxylic acids is 1. The SMILES string of the molecule is Cc1ccc(OCCNC(=O)N2CCN(c3cccc(Cl)c3)CC2)cc1. The van der Waals surface area contributed by atoms with Gasteiger partial charge in [0, 0.05) is 36.9 Å². The highest BCUT2D eigenvalue weighted by molar-refractivity contribution is 6.30. The molecule has 2 aromatic carbocycles. The molecule has 6 heteroatoms. The first-order chi connectivity index (χ1) is 12.6. The number of halogens is 1. The fraction of sp³-hybridized carbons (Fsp3) is 0.350. The van der Waals surface area contributed by atoms with Crippen molar-refractivity contribution in [1.82, 2.24) is 10.2 Å². The van der Waals surface area contributed by atoms with E-state index in [0.29, 0.717) is 26.2 Å². The molecule has 1 heterocycles. The highest BCUT2D eigenvalue weighted by atomic mass is 35.5. The molecule has 138 valence electrons. The van der Waals surface area contributed by atoms with Gasteiger partial charge in [-0.25, -0.2) is 4.79 Å². The van der Waals surface area contributed by atoms with Gasteiger partial charge in [-0.2, -0.15) is 0 Å². The number of amides is 2. The van der Waals surface area contributed by atoms with Crippen LogP contribution in [0.2, 0.25) is 5.02 Å². The summed E-state index contributed by atoms with van der Waals surface area (Å²) in [5, 5.41) is 3.65. The molecule has 2 aromatic rings. The van der Waals surface area contributed by atoms with Crippen molar-refractivity contribution in [2.45, 2.75) is 6.92 Å². The Morgan fingerprint density at radius 3 is 2.54 bits per heavy atom. The van der Waals surface area contributed by atoms with E-state index in [0.717, 1.165) is 29.5 Å². The van der Waals surface area contributed by atoms with Crippen LogP contribution in [0.3, 0.4) is 0 Å². The van der Waals surface area contributed by atoms with Gasteiger partial charge in [0.2, 0.25) is 0 Å². The van der Waals surface area contributed by atoms with E-state index in [9.17, 15) is 4.79 Å². The van der Waals surface area contributed by atoms with Crippen molar-refractivity contribution in [2.24, 2.45) is 0 Å². The number of anilines is 1. The second-order valence-electron chi connectivity index (χ2n) is 6.35. The molecular formula is C20H24ClN3O2. The van der Waals surface area contributed by atoms with E-state index in [4.69, 9.17) is 16.3 Å². The number of nitrogens with one attached hydrogen (secondary N) is 1. The van der Waals surface area contributed by atoms with Gasteiger partial charge in [0.05, 0.1) is 6.54 Å². The van der Waals surface area contributed by atoms with Crippen LogP contribution in [-0.4, -0.2) is 50.3 Å². The lowest BCUT2D eigenvalue weighted by molar-refractivity contribution is 0.191.